The lowest BCUT2D eigenvalue weighted by Crippen LogP contribution is -2.26. The molecule has 21 heavy (non-hydrogen) atoms. The topological polar surface area (TPSA) is 82.0 Å². The summed E-state index contributed by atoms with van der Waals surface area (Å²) in [5, 5.41) is 32.0. The molecule has 0 bridgehead atoms. The molecule has 110 valence electrons. The average molecular weight is 287 g/mol. The number of rotatable bonds is 3. The van der Waals surface area contributed by atoms with Crippen LogP contribution in [0.15, 0.2) is 36.4 Å². The SMILES string of the molecule is Oc1ccc(CNC2CCOc3ccccc32)c(O)c1O. The van der Waals surface area contributed by atoms with Crippen molar-refractivity contribution in [2.45, 2.75) is 19.0 Å². The molecule has 0 saturated heterocycles. The van der Waals surface area contributed by atoms with Gasteiger partial charge in [-0.3, -0.25) is 0 Å². The van der Waals surface area contributed by atoms with Gasteiger partial charge in [0, 0.05) is 30.1 Å². The van der Waals surface area contributed by atoms with Gasteiger partial charge in [-0.1, -0.05) is 24.3 Å². The molecule has 4 N–H and O–H groups in total. The highest BCUT2D eigenvalue weighted by atomic mass is 16.5. The number of hydrogen-bond donors (Lipinski definition) is 4. The second kappa shape index (κ2) is 5.54. The summed E-state index contributed by atoms with van der Waals surface area (Å²) in [7, 11) is 0. The number of benzene rings is 2. The molecule has 1 atom stereocenters. The molecular formula is C16H17NO4. The van der Waals surface area contributed by atoms with Gasteiger partial charge < -0.3 is 25.4 Å². The number of phenolic OH excluding ortho intramolecular Hbond substituents is 3. The third kappa shape index (κ3) is 2.60. The summed E-state index contributed by atoms with van der Waals surface area (Å²) in [6.07, 6.45) is 0.835. The lowest BCUT2D eigenvalue weighted by atomic mass is 10.00. The molecule has 0 radical (unpaired) electrons. The highest BCUT2D eigenvalue weighted by Crippen LogP contribution is 2.37. The first-order valence-electron chi connectivity index (χ1n) is 6.84. The smallest absolute Gasteiger partial charge is 0.200 e. The van der Waals surface area contributed by atoms with Gasteiger partial charge in [-0.15, -0.1) is 0 Å². The van der Waals surface area contributed by atoms with Gasteiger partial charge in [-0.05, 0) is 12.1 Å². The van der Waals surface area contributed by atoms with E-state index in [9.17, 15) is 15.3 Å². The summed E-state index contributed by atoms with van der Waals surface area (Å²) in [6, 6.07) is 10.9. The van der Waals surface area contributed by atoms with E-state index in [0.717, 1.165) is 17.7 Å². The second-order valence-electron chi connectivity index (χ2n) is 5.05. The van der Waals surface area contributed by atoms with Crippen LogP contribution in [0.25, 0.3) is 0 Å². The Morgan fingerprint density at radius 3 is 2.71 bits per heavy atom. The van der Waals surface area contributed by atoms with Crippen LogP contribution >= 0.6 is 0 Å². The van der Waals surface area contributed by atoms with Crippen LogP contribution in [0.1, 0.15) is 23.6 Å². The summed E-state index contributed by atoms with van der Waals surface area (Å²) >= 11 is 0. The maximum atomic E-state index is 9.83. The van der Waals surface area contributed by atoms with Crippen molar-refractivity contribution in [1.29, 1.82) is 0 Å². The van der Waals surface area contributed by atoms with Crippen molar-refractivity contribution in [3.63, 3.8) is 0 Å². The fourth-order valence-corrected chi connectivity index (χ4v) is 2.54. The Hall–Kier alpha value is -2.40. The number of para-hydroxylation sites is 1. The minimum Gasteiger partial charge on any atom is -0.504 e. The molecule has 0 saturated carbocycles. The van der Waals surface area contributed by atoms with Gasteiger partial charge in [-0.25, -0.2) is 0 Å². The zero-order chi connectivity index (χ0) is 14.8. The van der Waals surface area contributed by atoms with Crippen molar-refractivity contribution < 1.29 is 20.1 Å². The Morgan fingerprint density at radius 2 is 1.86 bits per heavy atom. The van der Waals surface area contributed by atoms with Crippen LogP contribution in [0.5, 0.6) is 23.0 Å². The van der Waals surface area contributed by atoms with E-state index >= 15 is 0 Å². The van der Waals surface area contributed by atoms with E-state index in [2.05, 4.69) is 5.32 Å². The standard InChI is InChI=1S/C16H17NO4/c18-13-6-5-10(15(19)16(13)20)9-17-12-7-8-21-14-4-2-1-3-11(12)14/h1-6,12,17-20H,7-9H2. The van der Waals surface area contributed by atoms with Crippen LogP contribution in [0.3, 0.4) is 0 Å². The van der Waals surface area contributed by atoms with Gasteiger partial charge in [0.05, 0.1) is 6.61 Å². The normalized spacial score (nSPS) is 17.0. The average Bonchev–Trinajstić information content (AvgIpc) is 2.52. The van der Waals surface area contributed by atoms with Crippen LogP contribution in [0, 0.1) is 0 Å². The third-order valence-electron chi connectivity index (χ3n) is 3.71. The molecule has 5 heteroatoms. The Balaban J connectivity index is 1.76. The molecular weight excluding hydrogens is 270 g/mol. The molecule has 2 aromatic carbocycles. The molecule has 1 aliphatic rings. The van der Waals surface area contributed by atoms with E-state index in [4.69, 9.17) is 4.74 Å². The van der Waals surface area contributed by atoms with E-state index in [0.29, 0.717) is 18.7 Å². The van der Waals surface area contributed by atoms with Crippen molar-refractivity contribution in [3.05, 3.63) is 47.5 Å². The van der Waals surface area contributed by atoms with Crippen LogP contribution in [-0.4, -0.2) is 21.9 Å². The van der Waals surface area contributed by atoms with Crippen LogP contribution in [0.4, 0.5) is 0 Å². The zero-order valence-corrected chi connectivity index (χ0v) is 11.4. The van der Waals surface area contributed by atoms with Crippen molar-refractivity contribution in [2.24, 2.45) is 0 Å². The second-order valence-corrected chi connectivity index (χ2v) is 5.05. The predicted octanol–water partition coefficient (Wildman–Crippen LogP) is 2.42. The largest absolute Gasteiger partial charge is 0.504 e. The molecule has 0 aliphatic carbocycles. The maximum absolute atomic E-state index is 9.83. The van der Waals surface area contributed by atoms with E-state index in [-0.39, 0.29) is 17.5 Å². The van der Waals surface area contributed by atoms with Gasteiger partial charge in [-0.2, -0.15) is 0 Å². The molecule has 0 amide bonds. The highest BCUT2D eigenvalue weighted by Gasteiger charge is 2.21. The van der Waals surface area contributed by atoms with Gasteiger partial charge in [0.15, 0.2) is 11.5 Å². The number of hydrogen-bond acceptors (Lipinski definition) is 5. The molecule has 2 aromatic rings. The molecule has 1 heterocycles. The lowest BCUT2D eigenvalue weighted by molar-refractivity contribution is 0.251. The number of phenols is 3. The van der Waals surface area contributed by atoms with Gasteiger partial charge in [0.1, 0.15) is 5.75 Å². The first-order valence-corrected chi connectivity index (χ1v) is 6.84. The van der Waals surface area contributed by atoms with Crippen molar-refractivity contribution in [3.8, 4) is 23.0 Å². The quantitative estimate of drug-likeness (QED) is 0.652. The molecule has 0 fully saturated rings. The molecule has 1 unspecified atom stereocenters. The summed E-state index contributed by atoms with van der Waals surface area (Å²) in [5.41, 5.74) is 1.63. The van der Waals surface area contributed by atoms with Gasteiger partial charge >= 0.3 is 0 Å². The minimum atomic E-state index is -0.485. The van der Waals surface area contributed by atoms with Gasteiger partial charge in [0.2, 0.25) is 5.75 Å². The van der Waals surface area contributed by atoms with Crippen LogP contribution < -0.4 is 10.1 Å². The van der Waals surface area contributed by atoms with E-state index in [1.807, 2.05) is 24.3 Å². The van der Waals surface area contributed by atoms with Gasteiger partial charge in [0.25, 0.3) is 0 Å². The summed E-state index contributed by atoms with van der Waals surface area (Å²) in [5.74, 6) is -0.226. The van der Waals surface area contributed by atoms with E-state index < -0.39 is 5.75 Å². The van der Waals surface area contributed by atoms with Crippen molar-refractivity contribution >= 4 is 0 Å². The highest BCUT2D eigenvalue weighted by molar-refractivity contribution is 5.53. The first-order chi connectivity index (χ1) is 10.2. The monoisotopic (exact) mass is 287 g/mol. The first kappa shape index (κ1) is 13.6. The Morgan fingerprint density at radius 1 is 1.05 bits per heavy atom. The maximum Gasteiger partial charge on any atom is 0.200 e. The zero-order valence-electron chi connectivity index (χ0n) is 11.4. The minimum absolute atomic E-state index is 0.130. The molecule has 3 rings (SSSR count). The van der Waals surface area contributed by atoms with Crippen molar-refractivity contribution in [2.75, 3.05) is 6.61 Å². The fraction of sp³-hybridized carbons (Fsp3) is 0.250. The van der Waals surface area contributed by atoms with E-state index in [1.165, 1.54) is 6.07 Å². The molecule has 5 nitrogen and oxygen atoms in total. The van der Waals surface area contributed by atoms with E-state index in [1.54, 1.807) is 6.07 Å². The predicted molar refractivity (Wildman–Crippen MR) is 77.6 cm³/mol. The van der Waals surface area contributed by atoms with Crippen molar-refractivity contribution in [1.82, 2.24) is 5.32 Å². The third-order valence-corrected chi connectivity index (χ3v) is 3.71. The van der Waals surface area contributed by atoms with Crippen LogP contribution in [-0.2, 0) is 6.54 Å². The number of ether oxygens (including phenoxy) is 1. The van der Waals surface area contributed by atoms with Crippen LogP contribution in [0.2, 0.25) is 0 Å². The Kier molecular flexibility index (Phi) is 3.58. The number of aromatic hydroxyl groups is 3. The fourth-order valence-electron chi connectivity index (χ4n) is 2.54. The molecule has 0 spiro atoms. The number of nitrogens with one attached hydrogen (secondary N) is 1. The Labute approximate surface area is 122 Å². The molecule has 1 aliphatic heterocycles. The lowest BCUT2D eigenvalue weighted by Gasteiger charge is -2.27. The number of fused-ring (bicyclic) bond motifs is 1. The summed E-state index contributed by atoms with van der Waals surface area (Å²) < 4.78 is 5.60. The summed E-state index contributed by atoms with van der Waals surface area (Å²) in [6.45, 7) is 1.03. The summed E-state index contributed by atoms with van der Waals surface area (Å²) in [4.78, 5) is 0. The Bertz CT molecular complexity index is 657. The molecule has 0 aromatic heterocycles.